The van der Waals surface area contributed by atoms with Crippen molar-refractivity contribution in [3.8, 4) is 0 Å². The second-order valence-corrected chi connectivity index (χ2v) is 4.70. The highest BCUT2D eigenvalue weighted by atomic mass is 127. The van der Waals surface area contributed by atoms with Crippen LogP contribution in [0, 0.1) is 5.82 Å². The molecule has 0 bridgehead atoms. The van der Waals surface area contributed by atoms with Crippen LogP contribution in [-0.4, -0.2) is 32.8 Å². The summed E-state index contributed by atoms with van der Waals surface area (Å²) in [5, 5.41) is 5.76. The first-order valence-electron chi connectivity index (χ1n) is 7.26. The van der Waals surface area contributed by atoms with Gasteiger partial charge in [-0.2, -0.15) is 13.2 Å². The molecule has 1 rings (SSSR count). The molecule has 0 aliphatic rings. The van der Waals surface area contributed by atoms with Crippen molar-refractivity contribution in [3.63, 3.8) is 0 Å². The zero-order valence-corrected chi connectivity index (χ0v) is 15.9. The SMILES string of the molecule is CCOCCCNC(=NC)NCc1ccc(F)cc1C(F)(F)F.I. The Morgan fingerprint density at radius 3 is 2.54 bits per heavy atom. The molecule has 0 heterocycles. The van der Waals surface area contributed by atoms with Crippen LogP contribution in [0.3, 0.4) is 0 Å². The number of ether oxygens (including phenoxy) is 1. The molecule has 0 fully saturated rings. The number of alkyl halides is 3. The van der Waals surface area contributed by atoms with Crippen LogP contribution in [0.5, 0.6) is 0 Å². The first kappa shape index (κ1) is 22.9. The third-order valence-corrected chi connectivity index (χ3v) is 3.01. The van der Waals surface area contributed by atoms with Gasteiger partial charge in [-0.15, -0.1) is 24.0 Å². The number of aliphatic imine (C=N–C) groups is 1. The molecule has 138 valence electrons. The number of nitrogens with zero attached hydrogens (tertiary/aromatic N) is 1. The minimum Gasteiger partial charge on any atom is -0.382 e. The molecular weight excluding hydrogens is 441 g/mol. The lowest BCUT2D eigenvalue weighted by atomic mass is 10.1. The average molecular weight is 463 g/mol. The number of halogens is 5. The minimum absolute atomic E-state index is 0. The lowest BCUT2D eigenvalue weighted by Crippen LogP contribution is -2.38. The summed E-state index contributed by atoms with van der Waals surface area (Å²) < 4.78 is 56.9. The van der Waals surface area contributed by atoms with Crippen LogP contribution in [0.1, 0.15) is 24.5 Å². The lowest BCUT2D eigenvalue weighted by Gasteiger charge is -2.16. The van der Waals surface area contributed by atoms with Gasteiger partial charge in [0.25, 0.3) is 0 Å². The topological polar surface area (TPSA) is 45.6 Å². The van der Waals surface area contributed by atoms with Crippen LogP contribution in [0.15, 0.2) is 23.2 Å². The Hall–Kier alpha value is -1.10. The van der Waals surface area contributed by atoms with Crippen LogP contribution in [0.4, 0.5) is 17.6 Å². The van der Waals surface area contributed by atoms with Gasteiger partial charge in [0.05, 0.1) is 5.56 Å². The number of benzene rings is 1. The number of hydrogen-bond donors (Lipinski definition) is 2. The van der Waals surface area contributed by atoms with E-state index in [-0.39, 0.29) is 36.1 Å². The van der Waals surface area contributed by atoms with Gasteiger partial charge in [-0.05, 0) is 31.0 Å². The highest BCUT2D eigenvalue weighted by molar-refractivity contribution is 14.0. The molecule has 2 N–H and O–H groups in total. The van der Waals surface area contributed by atoms with Crippen molar-refractivity contribution in [3.05, 3.63) is 35.1 Å². The Morgan fingerprint density at radius 1 is 1.25 bits per heavy atom. The van der Waals surface area contributed by atoms with Crippen LogP contribution in [-0.2, 0) is 17.5 Å². The predicted octanol–water partition coefficient (Wildman–Crippen LogP) is 3.55. The van der Waals surface area contributed by atoms with Gasteiger partial charge in [-0.3, -0.25) is 4.99 Å². The maximum Gasteiger partial charge on any atom is 0.416 e. The van der Waals surface area contributed by atoms with Gasteiger partial charge >= 0.3 is 6.18 Å². The van der Waals surface area contributed by atoms with Crippen molar-refractivity contribution in [1.82, 2.24) is 10.6 Å². The predicted molar refractivity (Wildman–Crippen MR) is 96.1 cm³/mol. The molecule has 4 nitrogen and oxygen atoms in total. The Kier molecular flexibility index (Phi) is 10.9. The van der Waals surface area contributed by atoms with Crippen molar-refractivity contribution < 1.29 is 22.3 Å². The molecule has 0 saturated carbocycles. The highest BCUT2D eigenvalue weighted by Gasteiger charge is 2.33. The second kappa shape index (κ2) is 11.5. The third-order valence-electron chi connectivity index (χ3n) is 3.01. The van der Waals surface area contributed by atoms with Gasteiger partial charge in [-0.1, -0.05) is 6.07 Å². The summed E-state index contributed by atoms with van der Waals surface area (Å²) in [6, 6.07) is 2.62. The third kappa shape index (κ3) is 8.13. The Morgan fingerprint density at radius 2 is 1.96 bits per heavy atom. The molecular formula is C15H22F4IN3O. The van der Waals surface area contributed by atoms with E-state index in [9.17, 15) is 17.6 Å². The van der Waals surface area contributed by atoms with Gasteiger partial charge in [0.15, 0.2) is 5.96 Å². The summed E-state index contributed by atoms with van der Waals surface area (Å²) in [6.45, 7) is 3.60. The van der Waals surface area contributed by atoms with E-state index in [0.29, 0.717) is 31.8 Å². The fourth-order valence-electron chi connectivity index (χ4n) is 1.89. The fraction of sp³-hybridized carbons (Fsp3) is 0.533. The van der Waals surface area contributed by atoms with E-state index in [1.807, 2.05) is 6.92 Å². The van der Waals surface area contributed by atoms with Crippen LogP contribution in [0.2, 0.25) is 0 Å². The zero-order chi connectivity index (χ0) is 17.3. The summed E-state index contributed by atoms with van der Waals surface area (Å²) in [6.07, 6.45) is -3.85. The van der Waals surface area contributed by atoms with Gasteiger partial charge in [0.2, 0.25) is 0 Å². The molecule has 0 amide bonds. The number of nitrogens with one attached hydrogen (secondary N) is 2. The quantitative estimate of drug-likeness (QED) is 0.214. The van der Waals surface area contributed by atoms with Crippen molar-refractivity contribution in [1.29, 1.82) is 0 Å². The summed E-state index contributed by atoms with van der Waals surface area (Å²) >= 11 is 0. The first-order chi connectivity index (χ1) is 10.9. The zero-order valence-electron chi connectivity index (χ0n) is 13.5. The minimum atomic E-state index is -4.60. The molecule has 24 heavy (non-hydrogen) atoms. The summed E-state index contributed by atoms with van der Waals surface area (Å²) in [7, 11) is 1.52. The molecule has 1 aromatic rings. The van der Waals surface area contributed by atoms with Gasteiger partial charge in [0.1, 0.15) is 5.82 Å². The van der Waals surface area contributed by atoms with E-state index in [4.69, 9.17) is 4.74 Å². The van der Waals surface area contributed by atoms with Crippen molar-refractivity contribution in [2.24, 2.45) is 4.99 Å². The Labute approximate surface area is 156 Å². The van der Waals surface area contributed by atoms with Crippen molar-refractivity contribution in [2.75, 3.05) is 26.8 Å². The van der Waals surface area contributed by atoms with E-state index >= 15 is 0 Å². The molecule has 0 atom stereocenters. The monoisotopic (exact) mass is 463 g/mol. The molecule has 0 unspecified atom stereocenters. The molecule has 1 aromatic carbocycles. The van der Waals surface area contributed by atoms with Crippen molar-refractivity contribution >= 4 is 29.9 Å². The molecule has 9 heteroatoms. The van der Waals surface area contributed by atoms with Gasteiger partial charge in [0, 0.05) is 33.4 Å². The molecule has 0 aromatic heterocycles. The van der Waals surface area contributed by atoms with E-state index < -0.39 is 17.6 Å². The van der Waals surface area contributed by atoms with E-state index in [0.717, 1.165) is 18.6 Å². The summed E-state index contributed by atoms with van der Waals surface area (Å²) in [5.74, 6) is -0.543. The van der Waals surface area contributed by atoms with Crippen LogP contribution >= 0.6 is 24.0 Å². The number of hydrogen-bond acceptors (Lipinski definition) is 2. The van der Waals surface area contributed by atoms with Crippen LogP contribution in [0.25, 0.3) is 0 Å². The molecule has 0 aliphatic carbocycles. The second-order valence-electron chi connectivity index (χ2n) is 4.70. The average Bonchev–Trinajstić information content (AvgIpc) is 2.50. The molecule has 0 spiro atoms. The number of rotatable bonds is 7. The molecule has 0 saturated heterocycles. The normalized spacial score (nSPS) is 11.8. The molecule has 0 aliphatic heterocycles. The van der Waals surface area contributed by atoms with E-state index in [2.05, 4.69) is 15.6 Å². The Bertz CT molecular complexity index is 524. The fourth-order valence-corrected chi connectivity index (χ4v) is 1.89. The largest absolute Gasteiger partial charge is 0.416 e. The highest BCUT2D eigenvalue weighted by Crippen LogP contribution is 2.32. The first-order valence-corrected chi connectivity index (χ1v) is 7.26. The van der Waals surface area contributed by atoms with E-state index in [1.54, 1.807) is 0 Å². The van der Waals surface area contributed by atoms with Gasteiger partial charge in [-0.25, -0.2) is 4.39 Å². The molecule has 0 radical (unpaired) electrons. The maximum absolute atomic E-state index is 13.0. The lowest BCUT2D eigenvalue weighted by molar-refractivity contribution is -0.138. The smallest absolute Gasteiger partial charge is 0.382 e. The van der Waals surface area contributed by atoms with Crippen molar-refractivity contribution in [2.45, 2.75) is 26.1 Å². The summed E-state index contributed by atoms with van der Waals surface area (Å²) in [4.78, 5) is 3.93. The van der Waals surface area contributed by atoms with Crippen LogP contribution < -0.4 is 10.6 Å². The Balaban J connectivity index is 0.00000529. The standard InChI is InChI=1S/C15H21F4N3O.HI/c1-3-23-8-4-7-21-14(20-2)22-10-11-5-6-12(16)9-13(11)15(17,18)19;/h5-6,9H,3-4,7-8,10H2,1-2H3,(H2,20,21,22);1H. The van der Waals surface area contributed by atoms with Gasteiger partial charge < -0.3 is 15.4 Å². The number of guanidine groups is 1. The maximum atomic E-state index is 13.0. The summed E-state index contributed by atoms with van der Waals surface area (Å²) in [5.41, 5.74) is -1.03. The van der Waals surface area contributed by atoms with E-state index in [1.165, 1.54) is 7.05 Å².